The van der Waals surface area contributed by atoms with E-state index in [4.69, 9.17) is 10.5 Å². The van der Waals surface area contributed by atoms with Gasteiger partial charge in [-0.05, 0) is 76.8 Å². The summed E-state index contributed by atoms with van der Waals surface area (Å²) in [4.78, 5) is 11.9. The normalized spacial score (nSPS) is 10.4. The Morgan fingerprint density at radius 3 is 2.62 bits per heavy atom. The Kier molecular flexibility index (Phi) is 6.94. The second-order valence-corrected chi connectivity index (χ2v) is 6.22. The molecule has 0 aliphatic heterocycles. The van der Waals surface area contributed by atoms with Crippen molar-refractivity contribution in [2.45, 2.75) is 0 Å². The lowest BCUT2D eigenvalue weighted by molar-refractivity contribution is -0.118. The molecule has 0 bridgehead atoms. The Balaban J connectivity index is 1.83. The lowest BCUT2D eigenvalue weighted by Gasteiger charge is -2.09. The molecule has 0 heterocycles. The minimum absolute atomic E-state index is 0.0680. The van der Waals surface area contributed by atoms with Crippen LogP contribution in [0.5, 0.6) is 5.75 Å². The molecule has 0 fully saturated rings. The average Bonchev–Trinajstić information content (AvgIpc) is 2.56. The number of anilines is 1. The maximum atomic E-state index is 11.9. The molecule has 2 aromatic carbocycles. The number of ether oxygens (including phenoxy) is 1. The Labute approximate surface area is 158 Å². The highest BCUT2D eigenvalue weighted by molar-refractivity contribution is 14.1. The van der Waals surface area contributed by atoms with Gasteiger partial charge in [0.15, 0.2) is 11.7 Å². The van der Waals surface area contributed by atoms with Crippen LogP contribution >= 0.6 is 34.8 Å². The average molecular weight is 454 g/mol. The largest absolute Gasteiger partial charge is 0.484 e. The van der Waals surface area contributed by atoms with Crippen LogP contribution in [0.15, 0.2) is 53.6 Å². The van der Waals surface area contributed by atoms with Crippen LogP contribution in [0.1, 0.15) is 5.56 Å². The van der Waals surface area contributed by atoms with Crippen molar-refractivity contribution in [1.29, 1.82) is 0 Å². The summed E-state index contributed by atoms with van der Waals surface area (Å²) in [6, 6.07) is 14.7. The third-order valence-corrected chi connectivity index (χ3v) is 3.82. The quantitative estimate of drug-likeness (QED) is 0.270. The lowest BCUT2D eigenvalue weighted by atomic mass is 10.2. The first-order valence-electron chi connectivity index (χ1n) is 6.90. The molecule has 0 aromatic heterocycles. The molecule has 6 nitrogen and oxygen atoms in total. The van der Waals surface area contributed by atoms with Gasteiger partial charge in [0.1, 0.15) is 5.75 Å². The van der Waals surface area contributed by atoms with Crippen LogP contribution < -0.4 is 21.2 Å². The Morgan fingerprint density at radius 2 is 1.96 bits per heavy atom. The van der Waals surface area contributed by atoms with Gasteiger partial charge < -0.3 is 15.8 Å². The molecule has 4 N–H and O–H groups in total. The van der Waals surface area contributed by atoms with Crippen molar-refractivity contribution >= 4 is 57.7 Å². The second kappa shape index (κ2) is 9.18. The molecule has 0 aliphatic carbocycles. The Bertz CT molecular complexity index is 750. The number of carbonyl (C=O) groups excluding carboxylic acids is 1. The summed E-state index contributed by atoms with van der Waals surface area (Å²) >= 11 is 6.80. The van der Waals surface area contributed by atoms with E-state index < -0.39 is 0 Å². The minimum Gasteiger partial charge on any atom is -0.484 e. The molecule has 24 heavy (non-hydrogen) atoms. The highest BCUT2D eigenvalue weighted by Crippen LogP contribution is 2.17. The zero-order valence-electron chi connectivity index (χ0n) is 12.5. The number of hydrogen-bond donors (Lipinski definition) is 3. The van der Waals surface area contributed by atoms with Gasteiger partial charge in [0.05, 0.1) is 11.9 Å². The van der Waals surface area contributed by atoms with E-state index in [1.54, 1.807) is 30.5 Å². The number of benzene rings is 2. The van der Waals surface area contributed by atoms with Gasteiger partial charge in [-0.1, -0.05) is 12.1 Å². The van der Waals surface area contributed by atoms with Crippen LogP contribution in [0.2, 0.25) is 0 Å². The smallest absolute Gasteiger partial charge is 0.262 e. The molecule has 0 atom stereocenters. The number of thiocarbonyl (C=S) groups is 1. The number of carbonyl (C=O) groups is 1. The maximum absolute atomic E-state index is 11.9. The topological polar surface area (TPSA) is 88.7 Å². The van der Waals surface area contributed by atoms with Crippen LogP contribution in [0.4, 0.5) is 5.69 Å². The van der Waals surface area contributed by atoms with Crippen LogP contribution in [0, 0.1) is 3.57 Å². The van der Waals surface area contributed by atoms with Gasteiger partial charge in [0.25, 0.3) is 5.91 Å². The molecule has 2 aromatic rings. The van der Waals surface area contributed by atoms with E-state index in [-0.39, 0.29) is 17.6 Å². The summed E-state index contributed by atoms with van der Waals surface area (Å²) in [6.45, 7) is -0.0680. The molecular formula is C16H15IN4O2S. The van der Waals surface area contributed by atoms with Gasteiger partial charge in [-0.15, -0.1) is 0 Å². The van der Waals surface area contributed by atoms with Gasteiger partial charge >= 0.3 is 0 Å². The number of amides is 1. The first kappa shape index (κ1) is 18.1. The van der Waals surface area contributed by atoms with Crippen LogP contribution in [-0.4, -0.2) is 23.8 Å². The zero-order chi connectivity index (χ0) is 17.4. The second-order valence-electron chi connectivity index (χ2n) is 4.62. The van der Waals surface area contributed by atoms with Crippen molar-refractivity contribution in [3.05, 3.63) is 57.7 Å². The molecule has 8 heteroatoms. The van der Waals surface area contributed by atoms with Crippen molar-refractivity contribution in [1.82, 2.24) is 5.43 Å². The van der Waals surface area contributed by atoms with E-state index in [2.05, 4.69) is 50.7 Å². The Morgan fingerprint density at radius 1 is 1.25 bits per heavy atom. The molecule has 1 amide bonds. The standard InChI is InChI=1S/C16H15IN4O2S/c17-13-3-1-2-4-14(13)20-15(22)10-23-12-7-5-11(6-8-12)9-19-21-16(18)24/h1-9H,10H2,(H,20,22)(H3,18,21,24)/b19-9-. The van der Waals surface area contributed by atoms with Crippen LogP contribution in [0.25, 0.3) is 0 Å². The Hall–Kier alpha value is -2.20. The molecular weight excluding hydrogens is 439 g/mol. The SMILES string of the molecule is NC(=S)N/N=C\c1ccc(OCC(=O)Nc2ccccc2I)cc1. The van der Waals surface area contributed by atoms with Crippen LogP contribution in [-0.2, 0) is 4.79 Å². The first-order valence-corrected chi connectivity index (χ1v) is 8.39. The molecule has 0 aliphatic rings. The van der Waals surface area contributed by atoms with Gasteiger partial charge in [0, 0.05) is 3.57 Å². The van der Waals surface area contributed by atoms with Gasteiger partial charge in [0.2, 0.25) is 0 Å². The van der Waals surface area contributed by atoms with Crippen molar-refractivity contribution in [2.24, 2.45) is 10.8 Å². The number of para-hydroxylation sites is 1. The monoisotopic (exact) mass is 454 g/mol. The predicted octanol–water partition coefficient (Wildman–Crippen LogP) is 2.48. The van der Waals surface area contributed by atoms with E-state index in [1.165, 1.54) is 0 Å². The summed E-state index contributed by atoms with van der Waals surface area (Å²) in [6.07, 6.45) is 1.58. The maximum Gasteiger partial charge on any atom is 0.262 e. The summed E-state index contributed by atoms with van der Waals surface area (Å²) in [5.41, 5.74) is 9.34. The number of rotatable bonds is 6. The number of nitrogens with two attached hydrogens (primary N) is 1. The number of nitrogens with zero attached hydrogens (tertiary/aromatic N) is 1. The van der Waals surface area contributed by atoms with Crippen molar-refractivity contribution in [3.8, 4) is 5.75 Å². The van der Waals surface area contributed by atoms with E-state index >= 15 is 0 Å². The molecule has 2 rings (SSSR count). The lowest BCUT2D eigenvalue weighted by Crippen LogP contribution is -2.23. The third kappa shape index (κ3) is 6.13. The first-order chi connectivity index (χ1) is 11.5. The summed E-state index contributed by atoms with van der Waals surface area (Å²) in [7, 11) is 0. The van der Waals surface area contributed by atoms with Crippen molar-refractivity contribution < 1.29 is 9.53 Å². The fourth-order valence-corrected chi connectivity index (χ4v) is 2.29. The number of halogens is 1. The summed E-state index contributed by atoms with van der Waals surface area (Å²) < 4.78 is 6.43. The van der Waals surface area contributed by atoms with E-state index in [1.807, 2.05) is 24.3 Å². The summed E-state index contributed by atoms with van der Waals surface area (Å²) in [5.74, 6) is 0.373. The molecule has 0 radical (unpaired) electrons. The summed E-state index contributed by atoms with van der Waals surface area (Å²) in [5, 5.41) is 6.76. The molecule has 124 valence electrons. The minimum atomic E-state index is -0.217. The molecule has 0 spiro atoms. The number of hydrazone groups is 1. The van der Waals surface area contributed by atoms with Crippen LogP contribution in [0.3, 0.4) is 0 Å². The third-order valence-electron chi connectivity index (χ3n) is 2.79. The number of nitrogens with one attached hydrogen (secondary N) is 2. The van der Waals surface area contributed by atoms with Gasteiger partial charge in [-0.25, -0.2) is 0 Å². The van der Waals surface area contributed by atoms with Gasteiger partial charge in [-0.3, -0.25) is 10.2 Å². The van der Waals surface area contributed by atoms with E-state index in [0.29, 0.717) is 5.75 Å². The highest BCUT2D eigenvalue weighted by Gasteiger charge is 2.06. The number of hydrogen-bond acceptors (Lipinski definition) is 4. The highest BCUT2D eigenvalue weighted by atomic mass is 127. The molecule has 0 unspecified atom stereocenters. The van der Waals surface area contributed by atoms with Gasteiger partial charge in [-0.2, -0.15) is 5.10 Å². The predicted molar refractivity (Wildman–Crippen MR) is 107 cm³/mol. The van der Waals surface area contributed by atoms with Crippen molar-refractivity contribution in [3.63, 3.8) is 0 Å². The fourth-order valence-electron chi connectivity index (χ4n) is 1.72. The fraction of sp³-hybridized carbons (Fsp3) is 0.0625. The molecule has 0 saturated heterocycles. The molecule has 0 saturated carbocycles. The van der Waals surface area contributed by atoms with E-state index in [9.17, 15) is 4.79 Å². The van der Waals surface area contributed by atoms with E-state index in [0.717, 1.165) is 14.8 Å². The van der Waals surface area contributed by atoms with Crippen molar-refractivity contribution in [2.75, 3.05) is 11.9 Å². The zero-order valence-corrected chi connectivity index (χ0v) is 15.5.